The van der Waals surface area contributed by atoms with Crippen molar-refractivity contribution >= 4 is 12.6 Å². The predicted molar refractivity (Wildman–Crippen MR) is 116 cm³/mol. The van der Waals surface area contributed by atoms with Gasteiger partial charge in [-0.25, -0.2) is 0 Å². The molecule has 26 heavy (non-hydrogen) atoms. The summed E-state index contributed by atoms with van der Waals surface area (Å²) in [6, 6.07) is 0. The average molecular weight is 544 g/mol. The van der Waals surface area contributed by atoms with Crippen molar-refractivity contribution in [1.82, 2.24) is 0 Å². The average Bonchev–Trinajstić information content (AvgIpc) is 2.79. The molecular weight excluding hydrogens is 501 g/mol. The summed E-state index contributed by atoms with van der Waals surface area (Å²) in [6.45, 7) is 14.5. The molecule has 1 aliphatic rings. The third kappa shape index (κ3) is 11.0. The molecule has 0 aromatic rings. The van der Waals surface area contributed by atoms with Crippen LogP contribution in [0.1, 0.15) is 98.8 Å². The van der Waals surface area contributed by atoms with Crippen LogP contribution in [-0.2, 0) is 26.9 Å². The number of rotatable bonds is 12. The van der Waals surface area contributed by atoms with Crippen LogP contribution in [0.2, 0.25) is 6.55 Å². The number of allylic oxidation sites excluding steroid dienone is 4. The van der Waals surface area contributed by atoms with Gasteiger partial charge in [-0.15, -0.1) is 0 Å². The summed E-state index contributed by atoms with van der Waals surface area (Å²) in [5.74, 6) is 0.675. The molecule has 150 valence electrons. The number of primary amides is 1. The molecule has 1 aliphatic carbocycles. The van der Waals surface area contributed by atoms with Gasteiger partial charge in [0.25, 0.3) is 0 Å². The number of hydrogen-bond acceptors (Lipinski definition) is 1. The third-order valence-electron chi connectivity index (χ3n) is 5.53. The van der Waals surface area contributed by atoms with Crippen LogP contribution in [0.5, 0.6) is 0 Å². The van der Waals surface area contributed by atoms with Crippen molar-refractivity contribution in [1.29, 1.82) is 0 Å². The molecule has 0 radical (unpaired) electrons. The molecule has 2 N–H and O–H groups in total. The molecule has 0 saturated heterocycles. The SMILES string of the molecule is CCCCCCCCCCCC(N)=O.C[SiH2][Hf][C]1=C(C)C(C)=C(C)C1C. The number of nitrogens with two attached hydrogens (primary N) is 1. The molecule has 1 atom stereocenters. The summed E-state index contributed by atoms with van der Waals surface area (Å²) >= 11 is -0.264. The summed E-state index contributed by atoms with van der Waals surface area (Å²) < 4.78 is 1.93. The number of carbonyl (C=O) groups excluding carboxylic acids is 1. The van der Waals surface area contributed by atoms with Crippen molar-refractivity contribution < 1.29 is 26.9 Å². The van der Waals surface area contributed by atoms with Gasteiger partial charge in [0.15, 0.2) is 0 Å². The van der Waals surface area contributed by atoms with Crippen molar-refractivity contribution in [2.24, 2.45) is 11.7 Å². The monoisotopic (exact) mass is 545 g/mol. The molecule has 1 rings (SSSR count). The van der Waals surface area contributed by atoms with E-state index in [1.54, 1.807) is 16.7 Å². The third-order valence-corrected chi connectivity index (χ3v) is 17.1. The van der Waals surface area contributed by atoms with Gasteiger partial charge in [0.2, 0.25) is 5.91 Å². The second-order valence-electron chi connectivity index (χ2n) is 7.64. The van der Waals surface area contributed by atoms with Gasteiger partial charge in [0.05, 0.1) is 0 Å². The van der Waals surface area contributed by atoms with Crippen LogP contribution in [0.25, 0.3) is 0 Å². The first-order valence-corrected chi connectivity index (χ1v) is 22.3. The standard InChI is InChI=1S/C12H25NO.C9H13.CH5Si.Hf/c1-2-3-4-5-6-7-8-9-10-11-12(13)14;1-6-5-7(2)9(4)8(6)3;1-2;/h2-11H2,1H3,(H2,13,14);6H,1-4H3;2H2,1H3;. The second kappa shape index (κ2) is 16.0. The molecule has 0 aromatic heterocycles. The molecule has 1 amide bonds. The van der Waals surface area contributed by atoms with E-state index >= 15 is 0 Å². The normalized spacial score (nSPS) is 17.1. The van der Waals surface area contributed by atoms with Gasteiger partial charge in [-0.3, -0.25) is 4.79 Å². The molecule has 0 spiro atoms. The number of amides is 1. The van der Waals surface area contributed by atoms with E-state index in [0.717, 1.165) is 18.8 Å². The van der Waals surface area contributed by atoms with E-state index in [2.05, 4.69) is 41.2 Å². The van der Waals surface area contributed by atoms with Gasteiger partial charge in [-0.1, -0.05) is 58.3 Å². The molecular formula is C22H43HfNOSi. The molecule has 0 aliphatic heterocycles. The van der Waals surface area contributed by atoms with Crippen LogP contribution in [0.15, 0.2) is 20.0 Å². The van der Waals surface area contributed by atoms with Crippen LogP contribution < -0.4 is 5.73 Å². The molecule has 0 aromatic carbocycles. The summed E-state index contributed by atoms with van der Waals surface area (Å²) in [6.07, 6.45) is 12.1. The maximum absolute atomic E-state index is 10.4. The Balaban J connectivity index is 0.000000485. The van der Waals surface area contributed by atoms with Gasteiger partial charge < -0.3 is 5.73 Å². The van der Waals surface area contributed by atoms with Crippen LogP contribution in [0.4, 0.5) is 0 Å². The molecule has 0 fully saturated rings. The van der Waals surface area contributed by atoms with Crippen LogP contribution >= 0.6 is 0 Å². The molecule has 2 nitrogen and oxygen atoms in total. The van der Waals surface area contributed by atoms with Gasteiger partial charge in [-0.05, 0) is 6.42 Å². The minimum absolute atomic E-state index is 0.159. The fraction of sp³-hybridized carbons (Fsp3) is 0.773. The van der Waals surface area contributed by atoms with E-state index in [-0.39, 0.29) is 28.0 Å². The van der Waals surface area contributed by atoms with Crippen LogP contribution in [0.3, 0.4) is 0 Å². The van der Waals surface area contributed by atoms with Crippen molar-refractivity contribution in [3.8, 4) is 0 Å². The summed E-state index contributed by atoms with van der Waals surface area (Å²) in [4.78, 5) is 10.4. The van der Waals surface area contributed by atoms with E-state index in [1.165, 1.54) is 44.9 Å². The van der Waals surface area contributed by atoms with Crippen LogP contribution in [-0.4, -0.2) is 12.6 Å². The topological polar surface area (TPSA) is 43.1 Å². The Morgan fingerprint density at radius 1 is 0.962 bits per heavy atom. The van der Waals surface area contributed by atoms with Crippen molar-refractivity contribution in [2.75, 3.05) is 0 Å². The molecule has 0 bridgehead atoms. The Morgan fingerprint density at radius 2 is 1.46 bits per heavy atom. The molecule has 1 unspecified atom stereocenters. The van der Waals surface area contributed by atoms with Gasteiger partial charge in [-0.2, -0.15) is 0 Å². The first-order chi connectivity index (χ1) is 12.4. The van der Waals surface area contributed by atoms with Gasteiger partial charge in [0, 0.05) is 6.42 Å². The Hall–Kier alpha value is 0.0370. The van der Waals surface area contributed by atoms with Crippen molar-refractivity contribution in [3.05, 3.63) is 20.0 Å². The zero-order valence-corrected chi connectivity index (χ0v) is 23.3. The first-order valence-electron chi connectivity index (χ1n) is 10.8. The Labute approximate surface area is 176 Å². The van der Waals surface area contributed by atoms with E-state index < -0.39 is 0 Å². The van der Waals surface area contributed by atoms with E-state index in [1.807, 2.05) is 3.33 Å². The fourth-order valence-corrected chi connectivity index (χ4v) is 16.1. The fourth-order valence-electron chi connectivity index (χ4n) is 3.45. The molecule has 4 heteroatoms. The maximum atomic E-state index is 10.4. The first kappa shape index (κ1) is 26.0. The van der Waals surface area contributed by atoms with Gasteiger partial charge >= 0.3 is 89.0 Å². The number of hydrogen-bond donors (Lipinski definition) is 1. The Bertz CT molecular complexity index is 471. The predicted octanol–water partition coefficient (Wildman–Crippen LogP) is 5.85. The van der Waals surface area contributed by atoms with E-state index in [4.69, 9.17) is 5.73 Å². The summed E-state index contributed by atoms with van der Waals surface area (Å²) in [5, 5.41) is 0. The zero-order valence-electron chi connectivity index (χ0n) is 18.3. The summed E-state index contributed by atoms with van der Waals surface area (Å²) in [5.41, 5.74) is 9.98. The molecule has 0 heterocycles. The second-order valence-corrected chi connectivity index (χ2v) is 22.1. The van der Waals surface area contributed by atoms with Crippen molar-refractivity contribution in [3.63, 3.8) is 0 Å². The Kier molecular flexibility index (Phi) is 16.1. The Morgan fingerprint density at radius 3 is 1.85 bits per heavy atom. The van der Waals surface area contributed by atoms with E-state index in [9.17, 15) is 4.79 Å². The number of unbranched alkanes of at least 4 members (excludes halogenated alkanes) is 8. The minimum atomic E-state index is -0.264. The van der Waals surface area contributed by atoms with E-state index in [0.29, 0.717) is 13.1 Å². The van der Waals surface area contributed by atoms with Gasteiger partial charge in [0.1, 0.15) is 0 Å². The van der Waals surface area contributed by atoms with Crippen molar-refractivity contribution in [2.45, 2.75) is 105 Å². The summed E-state index contributed by atoms with van der Waals surface area (Å²) in [7, 11) is 0. The van der Waals surface area contributed by atoms with Crippen LogP contribution in [0, 0.1) is 5.92 Å². The number of carbonyl (C=O) groups is 1. The quantitative estimate of drug-likeness (QED) is 0.243. The molecule has 0 saturated carbocycles. The zero-order chi connectivity index (χ0) is 19.9.